The summed E-state index contributed by atoms with van der Waals surface area (Å²) >= 11 is 2.05. The Kier molecular flexibility index (Phi) is 3.72. The minimum atomic E-state index is 0.637. The molecule has 2 rings (SSSR count). The molecule has 1 aliphatic heterocycles. The number of aromatic nitrogens is 1. The first-order valence-corrected chi connectivity index (χ1v) is 6.52. The molecule has 0 aromatic carbocycles. The van der Waals surface area contributed by atoms with E-state index in [0.717, 1.165) is 5.82 Å². The van der Waals surface area contributed by atoms with Crippen molar-refractivity contribution in [2.75, 3.05) is 29.2 Å². The summed E-state index contributed by atoms with van der Waals surface area (Å²) in [6.45, 7) is 0. The number of rotatable bonds is 3. The molecule has 1 aromatic rings. The molecule has 0 aliphatic carbocycles. The number of nitrogens with zero attached hydrogens (tertiary/aromatic N) is 1. The molecule has 15 heavy (non-hydrogen) atoms. The van der Waals surface area contributed by atoms with Crippen LogP contribution in [0.2, 0.25) is 0 Å². The number of anilines is 2. The SMILES string of the molecule is CNc1cc(NC2CCSCC2)ccn1. The van der Waals surface area contributed by atoms with Gasteiger partial charge in [0, 0.05) is 31.0 Å². The standard InChI is InChI=1S/C11H17N3S/c1-12-11-8-10(2-5-13-11)14-9-3-6-15-7-4-9/h2,5,8-9H,3-4,6-7H2,1H3,(H2,12,13,14). The summed E-state index contributed by atoms with van der Waals surface area (Å²) in [6, 6.07) is 4.73. The van der Waals surface area contributed by atoms with Gasteiger partial charge < -0.3 is 10.6 Å². The van der Waals surface area contributed by atoms with Crippen LogP contribution in [0, 0.1) is 0 Å². The van der Waals surface area contributed by atoms with Crippen molar-refractivity contribution in [3.05, 3.63) is 18.3 Å². The van der Waals surface area contributed by atoms with Crippen molar-refractivity contribution in [3.8, 4) is 0 Å². The third-order valence-electron chi connectivity index (χ3n) is 2.61. The minimum Gasteiger partial charge on any atom is -0.382 e. The lowest BCUT2D eigenvalue weighted by atomic mass is 10.1. The number of thioether (sulfide) groups is 1. The highest BCUT2D eigenvalue weighted by Gasteiger charge is 2.13. The maximum atomic E-state index is 4.20. The van der Waals surface area contributed by atoms with E-state index in [1.807, 2.05) is 19.3 Å². The quantitative estimate of drug-likeness (QED) is 0.825. The first-order valence-electron chi connectivity index (χ1n) is 5.36. The normalized spacial score (nSPS) is 17.4. The Morgan fingerprint density at radius 3 is 2.93 bits per heavy atom. The molecule has 0 unspecified atom stereocenters. The van der Waals surface area contributed by atoms with Crippen LogP contribution in [0.1, 0.15) is 12.8 Å². The van der Waals surface area contributed by atoms with E-state index in [4.69, 9.17) is 0 Å². The van der Waals surface area contributed by atoms with E-state index in [1.165, 1.54) is 30.0 Å². The highest BCUT2D eigenvalue weighted by atomic mass is 32.2. The van der Waals surface area contributed by atoms with Crippen LogP contribution in [-0.2, 0) is 0 Å². The summed E-state index contributed by atoms with van der Waals surface area (Å²) in [7, 11) is 1.89. The molecule has 0 bridgehead atoms. The zero-order chi connectivity index (χ0) is 10.5. The maximum Gasteiger partial charge on any atom is 0.127 e. The predicted octanol–water partition coefficient (Wildman–Crippen LogP) is 2.43. The van der Waals surface area contributed by atoms with Gasteiger partial charge in [0.2, 0.25) is 0 Å². The zero-order valence-electron chi connectivity index (χ0n) is 8.99. The van der Waals surface area contributed by atoms with E-state index in [2.05, 4.69) is 33.4 Å². The van der Waals surface area contributed by atoms with E-state index in [9.17, 15) is 0 Å². The van der Waals surface area contributed by atoms with Crippen molar-refractivity contribution in [1.29, 1.82) is 0 Å². The van der Waals surface area contributed by atoms with Crippen LogP contribution in [0.4, 0.5) is 11.5 Å². The Bertz CT molecular complexity index is 310. The van der Waals surface area contributed by atoms with Gasteiger partial charge in [0.05, 0.1) is 0 Å². The van der Waals surface area contributed by atoms with Gasteiger partial charge in [0.15, 0.2) is 0 Å². The lowest BCUT2D eigenvalue weighted by Crippen LogP contribution is -2.24. The second kappa shape index (κ2) is 5.26. The van der Waals surface area contributed by atoms with Gasteiger partial charge >= 0.3 is 0 Å². The average molecular weight is 223 g/mol. The number of nitrogens with one attached hydrogen (secondary N) is 2. The van der Waals surface area contributed by atoms with Gasteiger partial charge in [0.25, 0.3) is 0 Å². The molecule has 0 spiro atoms. The largest absolute Gasteiger partial charge is 0.382 e. The summed E-state index contributed by atoms with van der Waals surface area (Å²) in [5.41, 5.74) is 1.17. The van der Waals surface area contributed by atoms with Gasteiger partial charge in [-0.1, -0.05) is 0 Å². The fourth-order valence-electron chi connectivity index (χ4n) is 1.73. The van der Waals surface area contributed by atoms with Crippen LogP contribution in [0.15, 0.2) is 18.3 Å². The highest BCUT2D eigenvalue weighted by Crippen LogP contribution is 2.21. The topological polar surface area (TPSA) is 37.0 Å². The third-order valence-corrected chi connectivity index (χ3v) is 3.66. The maximum absolute atomic E-state index is 4.20. The van der Waals surface area contributed by atoms with Crippen molar-refractivity contribution in [3.63, 3.8) is 0 Å². The van der Waals surface area contributed by atoms with Crippen molar-refractivity contribution in [1.82, 2.24) is 4.98 Å². The summed E-state index contributed by atoms with van der Waals surface area (Å²) in [5.74, 6) is 3.48. The molecular formula is C11H17N3S. The van der Waals surface area contributed by atoms with Gasteiger partial charge in [-0.05, 0) is 30.4 Å². The van der Waals surface area contributed by atoms with Crippen LogP contribution in [0.5, 0.6) is 0 Å². The summed E-state index contributed by atoms with van der Waals surface area (Å²) < 4.78 is 0. The van der Waals surface area contributed by atoms with Gasteiger partial charge in [-0.3, -0.25) is 0 Å². The molecule has 1 saturated heterocycles. The van der Waals surface area contributed by atoms with Crippen LogP contribution in [0.3, 0.4) is 0 Å². The van der Waals surface area contributed by atoms with Crippen molar-refractivity contribution < 1.29 is 0 Å². The molecule has 0 radical (unpaired) electrons. The number of hydrogen-bond donors (Lipinski definition) is 2. The van der Waals surface area contributed by atoms with E-state index in [0.29, 0.717) is 6.04 Å². The number of pyridine rings is 1. The first kappa shape index (κ1) is 10.6. The van der Waals surface area contributed by atoms with Crippen LogP contribution >= 0.6 is 11.8 Å². The molecule has 4 heteroatoms. The van der Waals surface area contributed by atoms with Gasteiger partial charge in [-0.15, -0.1) is 0 Å². The van der Waals surface area contributed by atoms with Crippen molar-refractivity contribution in [2.45, 2.75) is 18.9 Å². The zero-order valence-corrected chi connectivity index (χ0v) is 9.81. The molecule has 0 saturated carbocycles. The van der Waals surface area contributed by atoms with Crippen LogP contribution in [0.25, 0.3) is 0 Å². The molecule has 0 amide bonds. The molecule has 0 atom stereocenters. The highest BCUT2D eigenvalue weighted by molar-refractivity contribution is 7.99. The summed E-state index contributed by atoms with van der Waals surface area (Å²) in [6.07, 6.45) is 4.37. The smallest absolute Gasteiger partial charge is 0.127 e. The van der Waals surface area contributed by atoms with Crippen molar-refractivity contribution >= 4 is 23.3 Å². The van der Waals surface area contributed by atoms with E-state index >= 15 is 0 Å². The van der Waals surface area contributed by atoms with Gasteiger partial charge in [-0.25, -0.2) is 4.98 Å². The van der Waals surface area contributed by atoms with Crippen LogP contribution < -0.4 is 10.6 Å². The van der Waals surface area contributed by atoms with Gasteiger partial charge in [0.1, 0.15) is 5.82 Å². The second-order valence-corrected chi connectivity index (χ2v) is 4.94. The first-order chi connectivity index (χ1) is 7.38. The Labute approximate surface area is 95.1 Å². The van der Waals surface area contributed by atoms with Crippen LogP contribution in [-0.4, -0.2) is 29.6 Å². The third kappa shape index (κ3) is 3.02. The molecule has 1 fully saturated rings. The van der Waals surface area contributed by atoms with Gasteiger partial charge in [-0.2, -0.15) is 11.8 Å². The Hall–Kier alpha value is -0.900. The minimum absolute atomic E-state index is 0.637. The Balaban J connectivity index is 1.96. The Morgan fingerprint density at radius 2 is 2.20 bits per heavy atom. The van der Waals surface area contributed by atoms with E-state index in [-0.39, 0.29) is 0 Å². The number of hydrogen-bond acceptors (Lipinski definition) is 4. The van der Waals surface area contributed by atoms with E-state index in [1.54, 1.807) is 0 Å². The molecule has 3 nitrogen and oxygen atoms in total. The molecule has 1 aromatic heterocycles. The monoisotopic (exact) mass is 223 g/mol. The van der Waals surface area contributed by atoms with Crippen molar-refractivity contribution in [2.24, 2.45) is 0 Å². The molecule has 2 N–H and O–H groups in total. The average Bonchev–Trinajstić information content (AvgIpc) is 2.31. The predicted molar refractivity (Wildman–Crippen MR) is 67.8 cm³/mol. The lowest BCUT2D eigenvalue weighted by Gasteiger charge is -2.23. The van der Waals surface area contributed by atoms with E-state index < -0.39 is 0 Å². The Morgan fingerprint density at radius 1 is 1.40 bits per heavy atom. The molecule has 1 aliphatic rings. The lowest BCUT2D eigenvalue weighted by molar-refractivity contribution is 0.667. The summed E-state index contributed by atoms with van der Waals surface area (Å²) in [5, 5.41) is 6.61. The fraction of sp³-hybridized carbons (Fsp3) is 0.545. The fourth-order valence-corrected chi connectivity index (χ4v) is 2.84. The molecule has 82 valence electrons. The molecular weight excluding hydrogens is 206 g/mol. The second-order valence-electron chi connectivity index (χ2n) is 3.71. The summed E-state index contributed by atoms with van der Waals surface area (Å²) in [4.78, 5) is 4.20. The molecule has 2 heterocycles.